The molecule has 0 saturated heterocycles. The first-order valence-electron chi connectivity index (χ1n) is 7.16. The van der Waals surface area contributed by atoms with Crippen molar-refractivity contribution in [3.05, 3.63) is 55.9 Å². The molecular formula is C16H18BrFN2S. The van der Waals surface area contributed by atoms with Crippen molar-refractivity contribution in [3.63, 3.8) is 0 Å². The van der Waals surface area contributed by atoms with Gasteiger partial charge in [-0.3, -0.25) is 11.3 Å². The number of hydrogen-bond donors (Lipinski definition) is 2. The number of hydrogen-bond acceptors (Lipinski definition) is 3. The molecule has 0 fully saturated rings. The summed E-state index contributed by atoms with van der Waals surface area (Å²) in [6.45, 7) is 0. The molecule has 0 spiro atoms. The van der Waals surface area contributed by atoms with Crippen LogP contribution in [0.2, 0.25) is 0 Å². The van der Waals surface area contributed by atoms with Gasteiger partial charge in [-0.2, -0.15) is 0 Å². The second-order valence-corrected chi connectivity index (χ2v) is 7.28. The van der Waals surface area contributed by atoms with Crippen LogP contribution in [0.5, 0.6) is 0 Å². The van der Waals surface area contributed by atoms with Crippen LogP contribution in [0.25, 0.3) is 0 Å². The molecule has 0 bridgehead atoms. The van der Waals surface area contributed by atoms with E-state index in [9.17, 15) is 4.39 Å². The number of thiophene rings is 1. The number of benzene rings is 1. The maximum atomic E-state index is 13.7. The Morgan fingerprint density at radius 1 is 1.43 bits per heavy atom. The molecule has 1 heterocycles. The van der Waals surface area contributed by atoms with E-state index in [4.69, 9.17) is 5.84 Å². The van der Waals surface area contributed by atoms with Crippen LogP contribution >= 0.6 is 27.3 Å². The molecule has 2 nitrogen and oxygen atoms in total. The summed E-state index contributed by atoms with van der Waals surface area (Å²) in [6.07, 6.45) is 4.21. The fourth-order valence-electron chi connectivity index (χ4n) is 3.20. The van der Waals surface area contributed by atoms with Gasteiger partial charge in [0.15, 0.2) is 0 Å². The van der Waals surface area contributed by atoms with Gasteiger partial charge in [0.1, 0.15) is 5.82 Å². The summed E-state index contributed by atoms with van der Waals surface area (Å²) in [7, 11) is 0. The first-order valence-corrected chi connectivity index (χ1v) is 8.83. The van der Waals surface area contributed by atoms with Crippen LogP contribution in [0.1, 0.15) is 34.8 Å². The van der Waals surface area contributed by atoms with Crippen LogP contribution in [0.4, 0.5) is 4.39 Å². The monoisotopic (exact) mass is 368 g/mol. The lowest BCUT2D eigenvalue weighted by Crippen LogP contribution is -2.42. The Bertz CT molecular complexity index is 628. The molecule has 112 valence electrons. The van der Waals surface area contributed by atoms with Crippen molar-refractivity contribution in [2.45, 2.75) is 37.6 Å². The molecule has 0 amide bonds. The highest BCUT2D eigenvalue weighted by Gasteiger charge is 2.28. The molecule has 21 heavy (non-hydrogen) atoms. The molecule has 1 aliphatic carbocycles. The maximum Gasteiger partial charge on any atom is 0.137 e. The highest BCUT2D eigenvalue weighted by molar-refractivity contribution is 9.10. The number of hydrazine groups is 1. The number of nitrogens with two attached hydrogens (primary N) is 1. The van der Waals surface area contributed by atoms with Gasteiger partial charge in [0.05, 0.1) is 4.47 Å². The number of halogens is 2. The fourth-order valence-corrected chi connectivity index (χ4v) is 4.62. The van der Waals surface area contributed by atoms with E-state index in [1.165, 1.54) is 29.3 Å². The largest absolute Gasteiger partial charge is 0.271 e. The van der Waals surface area contributed by atoms with Crippen LogP contribution in [0.3, 0.4) is 0 Å². The first kappa shape index (κ1) is 15.2. The van der Waals surface area contributed by atoms with Crippen LogP contribution in [0.15, 0.2) is 34.1 Å². The van der Waals surface area contributed by atoms with E-state index >= 15 is 0 Å². The minimum atomic E-state index is -0.219. The van der Waals surface area contributed by atoms with E-state index in [-0.39, 0.29) is 11.9 Å². The van der Waals surface area contributed by atoms with Crippen molar-refractivity contribution in [2.75, 3.05) is 0 Å². The minimum absolute atomic E-state index is 0.122. The average Bonchev–Trinajstić information content (AvgIpc) is 2.97. The highest BCUT2D eigenvalue weighted by atomic mass is 79.9. The molecular weight excluding hydrogens is 351 g/mol. The summed E-state index contributed by atoms with van der Waals surface area (Å²) in [4.78, 5) is 1.48. The van der Waals surface area contributed by atoms with E-state index in [1.807, 2.05) is 17.4 Å². The lowest BCUT2D eigenvalue weighted by molar-refractivity contribution is 0.396. The van der Waals surface area contributed by atoms with E-state index in [1.54, 1.807) is 6.07 Å². The highest BCUT2D eigenvalue weighted by Crippen LogP contribution is 2.38. The predicted molar refractivity (Wildman–Crippen MR) is 88.9 cm³/mol. The van der Waals surface area contributed by atoms with Crippen molar-refractivity contribution >= 4 is 27.3 Å². The topological polar surface area (TPSA) is 38.0 Å². The zero-order valence-corrected chi connectivity index (χ0v) is 14.0. The minimum Gasteiger partial charge on any atom is -0.271 e. The summed E-state index contributed by atoms with van der Waals surface area (Å²) < 4.78 is 14.2. The van der Waals surface area contributed by atoms with Gasteiger partial charge in [0.25, 0.3) is 0 Å². The number of nitrogens with one attached hydrogen (secondary N) is 1. The van der Waals surface area contributed by atoms with Crippen molar-refractivity contribution in [2.24, 2.45) is 5.84 Å². The summed E-state index contributed by atoms with van der Waals surface area (Å²) in [5.74, 6) is 5.99. The Labute approximate surface area is 136 Å². The third-order valence-corrected chi connectivity index (χ3v) is 6.15. The van der Waals surface area contributed by atoms with Crippen LogP contribution < -0.4 is 11.3 Å². The standard InChI is InChI=1S/C16H18BrFN2S/c17-16-10(3-1-5-13(16)18)9-14(20-19)11-4-2-6-15-12(11)7-8-21-15/h1,3,5,7-8,11,14,20H,2,4,6,9,19H2. The van der Waals surface area contributed by atoms with Crippen molar-refractivity contribution < 1.29 is 4.39 Å². The molecule has 1 aromatic carbocycles. The van der Waals surface area contributed by atoms with E-state index in [0.717, 1.165) is 18.4 Å². The van der Waals surface area contributed by atoms with Gasteiger partial charge in [-0.25, -0.2) is 4.39 Å². The van der Waals surface area contributed by atoms with Gasteiger partial charge >= 0.3 is 0 Å². The molecule has 3 rings (SSSR count). The Balaban J connectivity index is 1.85. The summed E-state index contributed by atoms with van der Waals surface area (Å²) in [6, 6.07) is 7.51. The Morgan fingerprint density at radius 2 is 2.29 bits per heavy atom. The molecule has 3 N–H and O–H groups in total. The molecule has 5 heteroatoms. The van der Waals surface area contributed by atoms with Crippen molar-refractivity contribution in [1.29, 1.82) is 0 Å². The molecule has 0 aliphatic heterocycles. The summed E-state index contributed by atoms with van der Waals surface area (Å²) in [5.41, 5.74) is 5.34. The fraction of sp³-hybridized carbons (Fsp3) is 0.375. The smallest absolute Gasteiger partial charge is 0.137 e. The van der Waals surface area contributed by atoms with E-state index in [0.29, 0.717) is 10.4 Å². The second kappa shape index (κ2) is 6.57. The molecule has 2 atom stereocenters. The SMILES string of the molecule is NNC(Cc1cccc(F)c1Br)C1CCCc2sccc21. The third-order valence-electron chi connectivity index (χ3n) is 4.27. The lowest BCUT2D eigenvalue weighted by atomic mass is 9.80. The van der Waals surface area contributed by atoms with Crippen molar-refractivity contribution in [3.8, 4) is 0 Å². The zero-order valence-electron chi connectivity index (χ0n) is 11.6. The number of aryl methyl sites for hydroxylation is 1. The average molecular weight is 369 g/mol. The quantitative estimate of drug-likeness (QED) is 0.628. The molecule has 2 unspecified atom stereocenters. The van der Waals surface area contributed by atoms with Gasteiger partial charge in [-0.05, 0) is 70.3 Å². The predicted octanol–water partition coefficient (Wildman–Crippen LogP) is 4.14. The van der Waals surface area contributed by atoms with Gasteiger partial charge < -0.3 is 0 Å². The molecule has 0 radical (unpaired) electrons. The lowest BCUT2D eigenvalue weighted by Gasteiger charge is -2.30. The molecule has 2 aromatic rings. The van der Waals surface area contributed by atoms with Gasteiger partial charge in [-0.1, -0.05) is 12.1 Å². The van der Waals surface area contributed by atoms with Crippen LogP contribution in [-0.4, -0.2) is 6.04 Å². The normalized spacial score (nSPS) is 19.3. The zero-order chi connectivity index (χ0) is 14.8. The van der Waals surface area contributed by atoms with E-state index in [2.05, 4.69) is 32.8 Å². The van der Waals surface area contributed by atoms with Crippen LogP contribution in [0, 0.1) is 5.82 Å². The van der Waals surface area contributed by atoms with Gasteiger partial charge in [0, 0.05) is 16.8 Å². The second-order valence-electron chi connectivity index (χ2n) is 5.49. The summed E-state index contributed by atoms with van der Waals surface area (Å²) in [5, 5.41) is 2.16. The summed E-state index contributed by atoms with van der Waals surface area (Å²) >= 11 is 5.18. The van der Waals surface area contributed by atoms with E-state index < -0.39 is 0 Å². The number of rotatable bonds is 4. The Morgan fingerprint density at radius 3 is 3.10 bits per heavy atom. The van der Waals surface area contributed by atoms with Crippen LogP contribution in [-0.2, 0) is 12.8 Å². The first-order chi connectivity index (χ1) is 10.2. The Hall–Kier alpha value is -0.750. The maximum absolute atomic E-state index is 13.7. The molecule has 0 saturated carbocycles. The third kappa shape index (κ3) is 3.06. The van der Waals surface area contributed by atoms with Crippen molar-refractivity contribution in [1.82, 2.24) is 5.43 Å². The molecule has 1 aromatic heterocycles. The Kier molecular flexibility index (Phi) is 4.74. The molecule has 1 aliphatic rings. The number of fused-ring (bicyclic) bond motifs is 1. The van der Waals surface area contributed by atoms with Gasteiger partial charge in [0.2, 0.25) is 0 Å². The van der Waals surface area contributed by atoms with Gasteiger partial charge in [-0.15, -0.1) is 11.3 Å².